The minimum Gasteiger partial charge on any atom is -0.456 e. The number of nitrogens with zero attached hydrogens (tertiary/aromatic N) is 3. The SMILES string of the molecule is Cc1c(N=[N+]=[N-])cc(OS(=O)(=O)F)cc1C(=O)OC(C)(C)C. The normalized spacial score (nSPS) is 11.5. The molecule has 0 spiro atoms. The van der Waals surface area contributed by atoms with E-state index in [4.69, 9.17) is 10.3 Å². The minimum absolute atomic E-state index is 0.0792. The Morgan fingerprint density at radius 2 is 1.95 bits per heavy atom. The van der Waals surface area contributed by atoms with Crippen molar-refractivity contribution in [3.05, 3.63) is 33.7 Å². The van der Waals surface area contributed by atoms with Crippen molar-refractivity contribution in [2.45, 2.75) is 33.3 Å². The Balaban J connectivity index is 3.42. The Bertz CT molecular complexity index is 749. The number of halogens is 1. The number of hydrogen-bond acceptors (Lipinski definition) is 6. The molecule has 0 unspecified atom stereocenters. The summed E-state index contributed by atoms with van der Waals surface area (Å²) in [7, 11) is -5.29. The van der Waals surface area contributed by atoms with Crippen LogP contribution >= 0.6 is 0 Å². The number of carbonyl (C=O) groups is 1. The molecule has 1 aromatic carbocycles. The number of carbonyl (C=O) groups excluding carboxylic acids is 1. The van der Waals surface area contributed by atoms with Gasteiger partial charge < -0.3 is 8.92 Å². The molecule has 0 saturated carbocycles. The Morgan fingerprint density at radius 1 is 1.36 bits per heavy atom. The molecule has 1 rings (SSSR count). The molecule has 0 amide bonds. The van der Waals surface area contributed by atoms with E-state index in [1.54, 1.807) is 20.8 Å². The van der Waals surface area contributed by atoms with Crippen LogP contribution in [0.3, 0.4) is 0 Å². The lowest BCUT2D eigenvalue weighted by molar-refractivity contribution is 0.00684. The van der Waals surface area contributed by atoms with Crippen molar-refractivity contribution in [3.8, 4) is 5.75 Å². The van der Waals surface area contributed by atoms with Gasteiger partial charge in [-0.25, -0.2) is 4.79 Å². The molecule has 22 heavy (non-hydrogen) atoms. The van der Waals surface area contributed by atoms with Gasteiger partial charge in [-0.3, -0.25) is 0 Å². The van der Waals surface area contributed by atoms with Crippen molar-refractivity contribution in [1.82, 2.24) is 0 Å². The fourth-order valence-corrected chi connectivity index (χ4v) is 1.86. The maximum absolute atomic E-state index is 12.6. The second kappa shape index (κ2) is 6.20. The number of ether oxygens (including phenoxy) is 1. The molecule has 0 aliphatic rings. The van der Waals surface area contributed by atoms with Gasteiger partial charge in [0.05, 0.1) is 5.56 Å². The third-order valence-electron chi connectivity index (χ3n) is 2.32. The molecule has 0 N–H and O–H groups in total. The summed E-state index contributed by atoms with van der Waals surface area (Å²) in [5.41, 5.74) is 7.76. The van der Waals surface area contributed by atoms with Crippen molar-refractivity contribution in [1.29, 1.82) is 0 Å². The van der Waals surface area contributed by atoms with E-state index in [0.717, 1.165) is 12.1 Å². The maximum atomic E-state index is 12.6. The third kappa shape index (κ3) is 5.23. The Morgan fingerprint density at radius 3 is 2.41 bits per heavy atom. The van der Waals surface area contributed by atoms with Crippen LogP contribution in [0.5, 0.6) is 5.75 Å². The van der Waals surface area contributed by atoms with Crippen molar-refractivity contribution in [2.24, 2.45) is 5.11 Å². The molecule has 0 atom stereocenters. The number of hydrogen-bond donors (Lipinski definition) is 0. The Kier molecular flexibility index (Phi) is 5.00. The smallest absolute Gasteiger partial charge is 0.456 e. The summed E-state index contributed by atoms with van der Waals surface area (Å²) in [5.74, 6) is -1.29. The van der Waals surface area contributed by atoms with Crippen LogP contribution in [0.15, 0.2) is 17.2 Å². The standard InChI is InChI=1S/C12H14FN3O5S/c1-7-9(11(17)20-12(2,3)4)5-8(21-22(13,18)19)6-10(7)15-16-14/h5-6H,1-4H3. The number of azide groups is 1. The molecule has 8 nitrogen and oxygen atoms in total. The average Bonchev–Trinajstić information content (AvgIpc) is 2.29. The fraction of sp³-hybridized carbons (Fsp3) is 0.417. The van der Waals surface area contributed by atoms with Crippen LogP contribution < -0.4 is 4.18 Å². The average molecular weight is 331 g/mol. The molecular weight excluding hydrogens is 317 g/mol. The van der Waals surface area contributed by atoms with E-state index >= 15 is 0 Å². The summed E-state index contributed by atoms with van der Waals surface area (Å²) < 4.78 is 43.0. The van der Waals surface area contributed by atoms with Crippen molar-refractivity contribution < 1.29 is 26.0 Å². The summed E-state index contributed by atoms with van der Waals surface area (Å²) in [6, 6.07) is 2.00. The van der Waals surface area contributed by atoms with Gasteiger partial charge in [-0.05, 0) is 50.9 Å². The van der Waals surface area contributed by atoms with Crippen LogP contribution in [0.2, 0.25) is 0 Å². The monoisotopic (exact) mass is 331 g/mol. The van der Waals surface area contributed by atoms with Gasteiger partial charge in [0.2, 0.25) is 0 Å². The van der Waals surface area contributed by atoms with Gasteiger partial charge in [0.15, 0.2) is 0 Å². The van der Waals surface area contributed by atoms with Crippen LogP contribution in [-0.2, 0) is 15.2 Å². The molecule has 0 saturated heterocycles. The molecule has 0 aromatic heterocycles. The first-order chi connectivity index (χ1) is 9.93. The van der Waals surface area contributed by atoms with E-state index in [1.165, 1.54) is 6.92 Å². The van der Waals surface area contributed by atoms with E-state index in [0.29, 0.717) is 0 Å². The number of rotatable bonds is 4. The van der Waals surface area contributed by atoms with Crippen LogP contribution in [0, 0.1) is 6.92 Å². The fourth-order valence-electron chi connectivity index (χ4n) is 1.53. The highest BCUT2D eigenvalue weighted by molar-refractivity contribution is 7.81. The Labute approximate surface area is 126 Å². The van der Waals surface area contributed by atoms with Gasteiger partial charge in [-0.15, -0.1) is 0 Å². The molecule has 1 aromatic rings. The van der Waals surface area contributed by atoms with Gasteiger partial charge in [-0.2, -0.15) is 8.42 Å². The first-order valence-electron chi connectivity index (χ1n) is 6.00. The highest BCUT2D eigenvalue weighted by Crippen LogP contribution is 2.31. The lowest BCUT2D eigenvalue weighted by Crippen LogP contribution is -2.24. The largest absolute Gasteiger partial charge is 0.488 e. The number of esters is 1. The first-order valence-corrected chi connectivity index (χ1v) is 7.31. The second-order valence-electron chi connectivity index (χ2n) is 5.28. The molecule has 0 aliphatic heterocycles. The summed E-state index contributed by atoms with van der Waals surface area (Å²) >= 11 is 0. The number of benzene rings is 1. The summed E-state index contributed by atoms with van der Waals surface area (Å²) in [6.45, 7) is 6.39. The minimum atomic E-state index is -5.29. The molecule has 0 aliphatic carbocycles. The predicted molar refractivity (Wildman–Crippen MR) is 75.8 cm³/mol. The zero-order chi connectivity index (χ0) is 17.1. The maximum Gasteiger partial charge on any atom is 0.488 e. The molecule has 0 heterocycles. The molecule has 0 fully saturated rings. The van der Waals surface area contributed by atoms with Gasteiger partial charge in [-0.1, -0.05) is 9.00 Å². The highest BCUT2D eigenvalue weighted by Gasteiger charge is 2.22. The van der Waals surface area contributed by atoms with Gasteiger partial charge >= 0.3 is 16.5 Å². The lowest BCUT2D eigenvalue weighted by atomic mass is 10.1. The second-order valence-corrected chi connectivity index (χ2v) is 6.24. The predicted octanol–water partition coefficient (Wildman–Crippen LogP) is 3.49. The van der Waals surface area contributed by atoms with Crippen LogP contribution in [-0.4, -0.2) is 20.0 Å². The quantitative estimate of drug-likeness (QED) is 0.275. The summed E-state index contributed by atoms with van der Waals surface area (Å²) in [6.07, 6.45) is 0. The van der Waals surface area contributed by atoms with Crippen LogP contribution in [0.4, 0.5) is 9.57 Å². The van der Waals surface area contributed by atoms with Gasteiger partial charge in [0, 0.05) is 10.6 Å². The third-order valence-corrected chi connectivity index (χ3v) is 2.71. The van der Waals surface area contributed by atoms with Crippen molar-refractivity contribution in [2.75, 3.05) is 0 Å². The lowest BCUT2D eigenvalue weighted by Gasteiger charge is -2.20. The summed E-state index contributed by atoms with van der Waals surface area (Å²) in [4.78, 5) is 14.7. The summed E-state index contributed by atoms with van der Waals surface area (Å²) in [5, 5.41) is 3.31. The molecule has 0 bridgehead atoms. The van der Waals surface area contributed by atoms with E-state index in [9.17, 15) is 17.1 Å². The zero-order valence-corrected chi connectivity index (χ0v) is 13.1. The topological polar surface area (TPSA) is 118 Å². The van der Waals surface area contributed by atoms with E-state index in [-0.39, 0.29) is 16.8 Å². The molecule has 0 radical (unpaired) electrons. The first kappa shape index (κ1) is 17.7. The van der Waals surface area contributed by atoms with Crippen LogP contribution in [0.25, 0.3) is 10.4 Å². The van der Waals surface area contributed by atoms with Crippen molar-refractivity contribution in [3.63, 3.8) is 0 Å². The molecule has 120 valence electrons. The Hall–Kier alpha value is -2.32. The molecule has 10 heteroatoms. The van der Waals surface area contributed by atoms with Gasteiger partial charge in [0.25, 0.3) is 0 Å². The molecular formula is C12H14FN3O5S. The van der Waals surface area contributed by atoms with E-state index in [1.807, 2.05) is 0 Å². The van der Waals surface area contributed by atoms with E-state index < -0.39 is 27.8 Å². The van der Waals surface area contributed by atoms with Crippen molar-refractivity contribution >= 4 is 22.2 Å². The van der Waals surface area contributed by atoms with Crippen LogP contribution in [0.1, 0.15) is 36.7 Å². The van der Waals surface area contributed by atoms with Gasteiger partial charge in [0.1, 0.15) is 11.4 Å². The van der Waals surface area contributed by atoms with E-state index in [2.05, 4.69) is 14.2 Å². The highest BCUT2D eigenvalue weighted by atomic mass is 32.3. The zero-order valence-electron chi connectivity index (χ0n) is 12.3.